The Balaban J connectivity index is 1.56. The van der Waals surface area contributed by atoms with Crippen LogP contribution in [0.2, 0.25) is 0 Å². The third-order valence-corrected chi connectivity index (χ3v) is 4.67. The molecule has 1 N–H and O–H groups in total. The van der Waals surface area contributed by atoms with Crippen molar-refractivity contribution in [2.24, 2.45) is 0 Å². The number of hydrogen-bond donors (Lipinski definition) is 1. The van der Waals surface area contributed by atoms with Gasteiger partial charge in [0.2, 0.25) is 0 Å². The van der Waals surface area contributed by atoms with Crippen LogP contribution in [0.25, 0.3) is 0 Å². The van der Waals surface area contributed by atoms with E-state index in [1.54, 1.807) is 0 Å². The van der Waals surface area contributed by atoms with E-state index in [-0.39, 0.29) is 0 Å². The fourth-order valence-corrected chi connectivity index (χ4v) is 3.45. The summed E-state index contributed by atoms with van der Waals surface area (Å²) in [4.78, 5) is 5.09. The molecule has 1 saturated heterocycles. The van der Waals surface area contributed by atoms with Crippen molar-refractivity contribution in [1.82, 2.24) is 9.80 Å². The Kier molecular flexibility index (Phi) is 3.76. The molecule has 1 aromatic carbocycles. The second-order valence-electron chi connectivity index (χ2n) is 6.10. The van der Waals surface area contributed by atoms with Crippen molar-refractivity contribution in [1.29, 1.82) is 0 Å². The van der Waals surface area contributed by atoms with Crippen LogP contribution >= 0.6 is 0 Å². The quantitative estimate of drug-likeness (QED) is 0.898. The van der Waals surface area contributed by atoms with Gasteiger partial charge in [-0.2, -0.15) is 0 Å². The Morgan fingerprint density at radius 2 is 2.11 bits per heavy atom. The number of rotatable bonds is 3. The standard InChI is InChI=1S/C16H25N3/c1-13-12-18(2)9-10-19(13)8-7-14-11-17-16-6-4-3-5-15(14)16/h3-6,13-14,17H,7-12H2,1-2H3. The van der Waals surface area contributed by atoms with Crippen LogP contribution in [0.5, 0.6) is 0 Å². The van der Waals surface area contributed by atoms with Gasteiger partial charge in [0, 0.05) is 43.8 Å². The highest BCUT2D eigenvalue weighted by molar-refractivity contribution is 5.57. The summed E-state index contributed by atoms with van der Waals surface area (Å²) in [5.41, 5.74) is 2.86. The highest BCUT2D eigenvalue weighted by atomic mass is 15.3. The lowest BCUT2D eigenvalue weighted by Crippen LogP contribution is -2.50. The molecule has 1 fully saturated rings. The highest BCUT2D eigenvalue weighted by Crippen LogP contribution is 2.33. The molecule has 0 radical (unpaired) electrons. The molecular weight excluding hydrogens is 234 g/mol. The zero-order chi connectivity index (χ0) is 13.2. The van der Waals surface area contributed by atoms with Crippen molar-refractivity contribution in [3.63, 3.8) is 0 Å². The minimum atomic E-state index is 0.697. The fraction of sp³-hybridized carbons (Fsp3) is 0.625. The lowest BCUT2D eigenvalue weighted by molar-refractivity contribution is 0.0976. The maximum atomic E-state index is 3.53. The zero-order valence-corrected chi connectivity index (χ0v) is 12.1. The van der Waals surface area contributed by atoms with Crippen molar-refractivity contribution >= 4 is 5.69 Å². The fourth-order valence-electron chi connectivity index (χ4n) is 3.45. The van der Waals surface area contributed by atoms with Crippen LogP contribution in [0.15, 0.2) is 24.3 Å². The molecule has 2 atom stereocenters. The molecular formula is C16H25N3. The van der Waals surface area contributed by atoms with Gasteiger partial charge in [0.25, 0.3) is 0 Å². The average Bonchev–Trinajstić information content (AvgIpc) is 2.81. The summed E-state index contributed by atoms with van der Waals surface area (Å²) in [6, 6.07) is 9.47. The van der Waals surface area contributed by atoms with Crippen molar-refractivity contribution in [2.45, 2.75) is 25.3 Å². The number of benzene rings is 1. The van der Waals surface area contributed by atoms with E-state index in [0.717, 1.165) is 6.54 Å². The summed E-state index contributed by atoms with van der Waals surface area (Å²) in [7, 11) is 2.23. The molecule has 2 heterocycles. The van der Waals surface area contributed by atoms with Gasteiger partial charge in [-0.05, 0) is 38.6 Å². The van der Waals surface area contributed by atoms with E-state index in [1.165, 1.54) is 43.9 Å². The van der Waals surface area contributed by atoms with E-state index in [2.05, 4.69) is 53.4 Å². The predicted octanol–water partition coefficient (Wildman–Crippen LogP) is 2.22. The molecule has 3 nitrogen and oxygen atoms in total. The Morgan fingerprint density at radius 3 is 2.95 bits per heavy atom. The summed E-state index contributed by atoms with van der Waals surface area (Å²) in [6.07, 6.45) is 1.28. The number of nitrogens with one attached hydrogen (secondary N) is 1. The van der Waals surface area contributed by atoms with Gasteiger partial charge < -0.3 is 10.2 Å². The number of para-hydroxylation sites is 1. The van der Waals surface area contributed by atoms with Gasteiger partial charge in [0.15, 0.2) is 0 Å². The number of likely N-dealkylation sites (N-methyl/N-ethyl adjacent to an activating group) is 1. The van der Waals surface area contributed by atoms with Crippen LogP contribution in [0.1, 0.15) is 24.8 Å². The molecule has 0 amide bonds. The van der Waals surface area contributed by atoms with E-state index in [1.807, 2.05) is 0 Å². The molecule has 3 rings (SSSR count). The molecule has 2 aliphatic heterocycles. The number of anilines is 1. The van der Waals surface area contributed by atoms with E-state index >= 15 is 0 Å². The summed E-state index contributed by atoms with van der Waals surface area (Å²) in [6.45, 7) is 8.34. The van der Waals surface area contributed by atoms with E-state index < -0.39 is 0 Å². The third-order valence-electron chi connectivity index (χ3n) is 4.67. The molecule has 1 aromatic rings. The van der Waals surface area contributed by atoms with Gasteiger partial charge >= 0.3 is 0 Å². The second kappa shape index (κ2) is 5.51. The SMILES string of the molecule is CC1CN(C)CCN1CCC1CNc2ccccc21. The van der Waals surface area contributed by atoms with Gasteiger partial charge in [0.05, 0.1) is 0 Å². The number of piperazine rings is 1. The molecule has 0 bridgehead atoms. The smallest absolute Gasteiger partial charge is 0.0376 e. The highest BCUT2D eigenvalue weighted by Gasteiger charge is 2.25. The van der Waals surface area contributed by atoms with Gasteiger partial charge in [0.1, 0.15) is 0 Å². The van der Waals surface area contributed by atoms with Gasteiger partial charge in [-0.3, -0.25) is 4.90 Å². The normalized spacial score (nSPS) is 28.1. The molecule has 3 heteroatoms. The number of nitrogens with zero attached hydrogens (tertiary/aromatic N) is 2. The van der Waals surface area contributed by atoms with Crippen LogP contribution in [0.3, 0.4) is 0 Å². The van der Waals surface area contributed by atoms with Crippen LogP contribution in [0.4, 0.5) is 5.69 Å². The largest absolute Gasteiger partial charge is 0.384 e. The van der Waals surface area contributed by atoms with E-state index in [9.17, 15) is 0 Å². The summed E-state index contributed by atoms with van der Waals surface area (Å²) < 4.78 is 0. The third kappa shape index (κ3) is 2.77. The Bertz CT molecular complexity index is 432. The molecule has 0 aliphatic carbocycles. The predicted molar refractivity (Wildman–Crippen MR) is 80.8 cm³/mol. The lowest BCUT2D eigenvalue weighted by Gasteiger charge is -2.38. The molecule has 0 aromatic heterocycles. The Hall–Kier alpha value is -1.06. The first-order valence-electron chi connectivity index (χ1n) is 7.49. The van der Waals surface area contributed by atoms with Gasteiger partial charge in [-0.15, -0.1) is 0 Å². The first-order chi connectivity index (χ1) is 9.24. The van der Waals surface area contributed by atoms with Crippen molar-refractivity contribution in [3.8, 4) is 0 Å². The topological polar surface area (TPSA) is 18.5 Å². The van der Waals surface area contributed by atoms with E-state index in [0.29, 0.717) is 12.0 Å². The monoisotopic (exact) mass is 259 g/mol. The van der Waals surface area contributed by atoms with Gasteiger partial charge in [-0.25, -0.2) is 0 Å². The second-order valence-corrected chi connectivity index (χ2v) is 6.10. The minimum absolute atomic E-state index is 0.697. The summed E-state index contributed by atoms with van der Waals surface area (Å²) in [5, 5.41) is 3.53. The molecule has 0 spiro atoms. The zero-order valence-electron chi connectivity index (χ0n) is 12.1. The van der Waals surface area contributed by atoms with Crippen LogP contribution in [0, 0.1) is 0 Å². The first kappa shape index (κ1) is 12.9. The molecule has 2 unspecified atom stereocenters. The molecule has 0 saturated carbocycles. The molecule has 19 heavy (non-hydrogen) atoms. The van der Waals surface area contributed by atoms with Gasteiger partial charge in [-0.1, -0.05) is 18.2 Å². The van der Waals surface area contributed by atoms with Crippen LogP contribution in [-0.2, 0) is 0 Å². The van der Waals surface area contributed by atoms with Crippen molar-refractivity contribution in [3.05, 3.63) is 29.8 Å². The first-order valence-corrected chi connectivity index (χ1v) is 7.49. The maximum absolute atomic E-state index is 3.53. The number of fused-ring (bicyclic) bond motifs is 1. The Morgan fingerprint density at radius 1 is 1.26 bits per heavy atom. The lowest BCUT2D eigenvalue weighted by atomic mass is 9.97. The molecule has 2 aliphatic rings. The maximum Gasteiger partial charge on any atom is 0.0376 e. The summed E-state index contributed by atoms with van der Waals surface area (Å²) >= 11 is 0. The van der Waals surface area contributed by atoms with Crippen LogP contribution < -0.4 is 5.32 Å². The van der Waals surface area contributed by atoms with Crippen LogP contribution in [-0.4, -0.2) is 55.6 Å². The van der Waals surface area contributed by atoms with Crippen molar-refractivity contribution < 1.29 is 0 Å². The molecule has 104 valence electrons. The minimum Gasteiger partial charge on any atom is -0.384 e. The average molecular weight is 259 g/mol. The van der Waals surface area contributed by atoms with E-state index in [4.69, 9.17) is 0 Å². The summed E-state index contributed by atoms with van der Waals surface area (Å²) in [5.74, 6) is 0.697. The Labute approximate surface area is 116 Å². The van der Waals surface area contributed by atoms with Crippen molar-refractivity contribution in [2.75, 3.05) is 45.1 Å². The number of hydrogen-bond acceptors (Lipinski definition) is 3.